The molecule has 0 spiro atoms. The Morgan fingerprint density at radius 3 is 2.48 bits per heavy atom. The zero-order valence-corrected chi connectivity index (χ0v) is 13.3. The normalized spacial score (nSPS) is 10.9. The minimum Gasteiger partial charge on any atom is -0.507 e. The van der Waals surface area contributed by atoms with Crippen molar-refractivity contribution < 1.29 is 19.4 Å². The minimum atomic E-state index is -0.572. The van der Waals surface area contributed by atoms with Crippen LogP contribution in [0, 0.1) is 0 Å². The van der Waals surface area contributed by atoms with Crippen LogP contribution in [0.4, 0.5) is 10.5 Å². The lowest BCUT2D eigenvalue weighted by Crippen LogP contribution is -2.27. The summed E-state index contributed by atoms with van der Waals surface area (Å²) in [7, 11) is 0. The van der Waals surface area contributed by atoms with Gasteiger partial charge in [0.15, 0.2) is 6.29 Å². The van der Waals surface area contributed by atoms with E-state index >= 15 is 0 Å². The molecule has 5 heteroatoms. The van der Waals surface area contributed by atoms with Crippen molar-refractivity contribution in [3.05, 3.63) is 48.0 Å². The molecule has 0 fully saturated rings. The van der Waals surface area contributed by atoms with E-state index in [2.05, 4.69) is 5.32 Å². The predicted molar refractivity (Wildman–Crippen MR) is 88.8 cm³/mol. The second-order valence-electron chi connectivity index (χ2n) is 6.10. The van der Waals surface area contributed by atoms with E-state index in [1.807, 2.05) is 6.07 Å². The summed E-state index contributed by atoms with van der Waals surface area (Å²) in [6.07, 6.45) is 0.0654. The second kappa shape index (κ2) is 6.52. The number of phenols is 1. The van der Waals surface area contributed by atoms with Gasteiger partial charge >= 0.3 is 6.09 Å². The Morgan fingerprint density at radius 2 is 1.83 bits per heavy atom. The van der Waals surface area contributed by atoms with Crippen LogP contribution in [0.25, 0.3) is 11.1 Å². The van der Waals surface area contributed by atoms with Crippen molar-refractivity contribution in [2.45, 2.75) is 26.4 Å². The summed E-state index contributed by atoms with van der Waals surface area (Å²) in [5.41, 5.74) is 1.79. The van der Waals surface area contributed by atoms with Crippen LogP contribution in [-0.4, -0.2) is 23.1 Å². The van der Waals surface area contributed by atoms with Gasteiger partial charge in [-0.3, -0.25) is 10.1 Å². The van der Waals surface area contributed by atoms with Crippen LogP contribution in [0.3, 0.4) is 0 Å². The summed E-state index contributed by atoms with van der Waals surface area (Å²) in [5.74, 6) is -0.0632. The van der Waals surface area contributed by atoms with E-state index in [9.17, 15) is 14.7 Å². The quantitative estimate of drug-likeness (QED) is 0.832. The van der Waals surface area contributed by atoms with E-state index in [0.29, 0.717) is 12.0 Å². The predicted octanol–water partition coefficient (Wildman–Crippen LogP) is 4.22. The van der Waals surface area contributed by atoms with Gasteiger partial charge in [0, 0.05) is 5.69 Å². The van der Waals surface area contributed by atoms with Crippen LogP contribution >= 0.6 is 0 Å². The molecule has 0 saturated carbocycles. The van der Waals surface area contributed by atoms with E-state index in [4.69, 9.17) is 4.74 Å². The molecule has 2 N–H and O–H groups in total. The van der Waals surface area contributed by atoms with Gasteiger partial charge in [0.1, 0.15) is 11.4 Å². The summed E-state index contributed by atoms with van der Waals surface area (Å²) >= 11 is 0. The first-order valence-electron chi connectivity index (χ1n) is 7.17. The summed E-state index contributed by atoms with van der Waals surface area (Å²) in [5, 5.41) is 12.2. The van der Waals surface area contributed by atoms with Crippen LogP contribution in [-0.2, 0) is 4.74 Å². The van der Waals surface area contributed by atoms with Crippen molar-refractivity contribution in [1.82, 2.24) is 0 Å². The Hall–Kier alpha value is -2.82. The van der Waals surface area contributed by atoms with Crippen molar-refractivity contribution >= 4 is 18.1 Å². The molecule has 5 nitrogen and oxygen atoms in total. The highest BCUT2D eigenvalue weighted by Gasteiger charge is 2.16. The van der Waals surface area contributed by atoms with Crippen molar-refractivity contribution in [2.75, 3.05) is 5.32 Å². The van der Waals surface area contributed by atoms with Gasteiger partial charge in [-0.05, 0) is 56.2 Å². The van der Waals surface area contributed by atoms with Gasteiger partial charge in [0.05, 0.1) is 5.56 Å². The summed E-state index contributed by atoms with van der Waals surface area (Å²) in [4.78, 5) is 22.7. The molecule has 2 aromatic carbocycles. The third-order valence-electron chi connectivity index (χ3n) is 3.00. The van der Waals surface area contributed by atoms with Gasteiger partial charge in [0.25, 0.3) is 0 Å². The Morgan fingerprint density at radius 1 is 1.13 bits per heavy atom. The number of carbonyl (C=O) groups is 2. The summed E-state index contributed by atoms with van der Waals surface area (Å²) < 4.78 is 5.21. The number of benzene rings is 2. The van der Waals surface area contributed by atoms with Crippen LogP contribution in [0.1, 0.15) is 31.1 Å². The standard InChI is InChI=1S/C18H19NO4/c1-18(2,3)23-17(22)19-15-6-4-5-12(10-15)13-7-8-16(21)14(9-13)11-20/h4-11,21H,1-3H3,(H,19,22). The van der Waals surface area contributed by atoms with Gasteiger partial charge in [0.2, 0.25) is 0 Å². The van der Waals surface area contributed by atoms with Crippen molar-refractivity contribution in [1.29, 1.82) is 0 Å². The van der Waals surface area contributed by atoms with Gasteiger partial charge in [-0.25, -0.2) is 4.79 Å². The third kappa shape index (κ3) is 4.57. The number of nitrogens with one attached hydrogen (secondary N) is 1. The van der Waals surface area contributed by atoms with E-state index in [1.54, 1.807) is 51.1 Å². The average Bonchev–Trinajstić information content (AvgIpc) is 2.46. The van der Waals surface area contributed by atoms with Crippen LogP contribution in [0.15, 0.2) is 42.5 Å². The molecular formula is C18H19NO4. The van der Waals surface area contributed by atoms with E-state index < -0.39 is 11.7 Å². The molecule has 0 unspecified atom stereocenters. The van der Waals surface area contributed by atoms with Crippen molar-refractivity contribution in [3.63, 3.8) is 0 Å². The summed E-state index contributed by atoms with van der Waals surface area (Å²) in [6, 6.07) is 11.9. The molecule has 0 heterocycles. The lowest BCUT2D eigenvalue weighted by Gasteiger charge is -2.19. The van der Waals surface area contributed by atoms with E-state index in [-0.39, 0.29) is 11.3 Å². The first kappa shape index (κ1) is 16.5. The number of rotatable bonds is 3. The van der Waals surface area contributed by atoms with Gasteiger partial charge < -0.3 is 9.84 Å². The zero-order valence-electron chi connectivity index (χ0n) is 13.3. The average molecular weight is 313 g/mol. The molecule has 0 atom stereocenters. The number of anilines is 1. The Bertz CT molecular complexity index is 732. The lowest BCUT2D eigenvalue weighted by atomic mass is 10.0. The molecular weight excluding hydrogens is 294 g/mol. The molecule has 0 aromatic heterocycles. The summed E-state index contributed by atoms with van der Waals surface area (Å²) in [6.45, 7) is 5.38. The number of phenolic OH excluding ortho intramolecular Hbond substituents is 1. The molecule has 2 rings (SSSR count). The molecule has 0 aliphatic carbocycles. The zero-order chi connectivity index (χ0) is 17.0. The fraction of sp³-hybridized carbons (Fsp3) is 0.222. The topological polar surface area (TPSA) is 75.6 Å². The molecule has 1 amide bonds. The maximum Gasteiger partial charge on any atom is 0.412 e. The first-order chi connectivity index (χ1) is 10.8. The second-order valence-corrected chi connectivity index (χ2v) is 6.10. The molecule has 0 saturated heterocycles. The maximum atomic E-state index is 11.8. The molecule has 120 valence electrons. The number of aromatic hydroxyl groups is 1. The molecule has 0 radical (unpaired) electrons. The van der Waals surface area contributed by atoms with E-state index in [1.165, 1.54) is 6.07 Å². The highest BCUT2D eigenvalue weighted by molar-refractivity contribution is 5.87. The minimum absolute atomic E-state index is 0.0632. The number of aldehydes is 1. The Kier molecular flexibility index (Phi) is 4.69. The Balaban J connectivity index is 2.23. The molecule has 2 aromatic rings. The molecule has 0 aliphatic heterocycles. The van der Waals surface area contributed by atoms with Crippen molar-refractivity contribution in [3.8, 4) is 16.9 Å². The number of ether oxygens (including phenoxy) is 1. The van der Waals surface area contributed by atoms with Crippen LogP contribution < -0.4 is 5.32 Å². The van der Waals surface area contributed by atoms with E-state index in [0.717, 1.165) is 11.1 Å². The van der Waals surface area contributed by atoms with Crippen LogP contribution in [0.5, 0.6) is 5.75 Å². The SMILES string of the molecule is CC(C)(C)OC(=O)Nc1cccc(-c2ccc(O)c(C=O)c2)c1. The highest BCUT2D eigenvalue weighted by atomic mass is 16.6. The smallest absolute Gasteiger partial charge is 0.412 e. The number of amides is 1. The molecule has 23 heavy (non-hydrogen) atoms. The number of hydrogen-bond acceptors (Lipinski definition) is 4. The first-order valence-corrected chi connectivity index (χ1v) is 7.17. The van der Waals surface area contributed by atoms with Gasteiger partial charge in [-0.2, -0.15) is 0 Å². The fourth-order valence-corrected chi connectivity index (χ4v) is 2.03. The largest absolute Gasteiger partial charge is 0.507 e. The van der Waals surface area contributed by atoms with Gasteiger partial charge in [-0.15, -0.1) is 0 Å². The monoisotopic (exact) mass is 313 g/mol. The molecule has 0 aliphatic rings. The highest BCUT2D eigenvalue weighted by Crippen LogP contribution is 2.27. The maximum absolute atomic E-state index is 11.8. The van der Waals surface area contributed by atoms with Crippen molar-refractivity contribution in [2.24, 2.45) is 0 Å². The van der Waals surface area contributed by atoms with Crippen LogP contribution in [0.2, 0.25) is 0 Å². The molecule has 0 bridgehead atoms. The van der Waals surface area contributed by atoms with Gasteiger partial charge in [-0.1, -0.05) is 18.2 Å². The number of carbonyl (C=O) groups excluding carboxylic acids is 2. The number of hydrogen-bond donors (Lipinski definition) is 2. The fourth-order valence-electron chi connectivity index (χ4n) is 2.03. The Labute approximate surface area is 134 Å². The lowest BCUT2D eigenvalue weighted by molar-refractivity contribution is 0.0636. The third-order valence-corrected chi connectivity index (χ3v) is 3.00.